The number of ether oxygens (including phenoxy) is 2. The second-order valence-electron chi connectivity index (χ2n) is 8.79. The first-order valence-corrected chi connectivity index (χ1v) is 10.4. The molecule has 0 spiro atoms. The Morgan fingerprint density at radius 3 is 2.50 bits per heavy atom. The number of esters is 2. The normalized spacial score (nSPS) is 30.9. The standard InChI is InChI=1S/C24H30O6/c1-8-13(4)23(27)29-17-10-9-16-19(25)20-18(14(5)11-28-20)21(24(16,7)15(17)6)30-22(26)12(2)3/h8,11,15-17,21H,2,9-10H2,1,3-7H3/b13-8+/t15-,16+,17-,21+,24+/m0/s1. The maximum absolute atomic E-state index is 13.3. The van der Waals surface area contributed by atoms with Gasteiger partial charge in [0.15, 0.2) is 5.76 Å². The van der Waals surface area contributed by atoms with Crippen molar-refractivity contribution in [2.75, 3.05) is 0 Å². The van der Waals surface area contributed by atoms with Crippen molar-refractivity contribution in [1.82, 2.24) is 0 Å². The zero-order chi connectivity index (χ0) is 22.4. The Morgan fingerprint density at radius 1 is 1.23 bits per heavy atom. The molecule has 0 unspecified atom stereocenters. The van der Waals surface area contributed by atoms with Crippen LogP contribution in [0, 0.1) is 24.2 Å². The van der Waals surface area contributed by atoms with E-state index < -0.39 is 23.4 Å². The Bertz CT molecular complexity index is 935. The maximum atomic E-state index is 13.3. The molecule has 1 aromatic heterocycles. The van der Waals surface area contributed by atoms with E-state index in [1.165, 1.54) is 6.26 Å². The summed E-state index contributed by atoms with van der Waals surface area (Å²) in [5, 5.41) is 0. The Kier molecular flexibility index (Phi) is 5.81. The molecule has 0 amide bonds. The van der Waals surface area contributed by atoms with Crippen LogP contribution in [-0.4, -0.2) is 23.8 Å². The number of furan rings is 1. The predicted octanol–water partition coefficient (Wildman–Crippen LogP) is 4.88. The van der Waals surface area contributed by atoms with Crippen molar-refractivity contribution in [2.24, 2.45) is 17.3 Å². The molecule has 162 valence electrons. The summed E-state index contributed by atoms with van der Waals surface area (Å²) in [7, 11) is 0. The average molecular weight is 414 g/mol. The molecule has 2 aliphatic rings. The van der Waals surface area contributed by atoms with E-state index in [1.54, 1.807) is 26.8 Å². The van der Waals surface area contributed by atoms with Crippen molar-refractivity contribution < 1.29 is 28.3 Å². The van der Waals surface area contributed by atoms with Crippen molar-refractivity contribution in [1.29, 1.82) is 0 Å². The van der Waals surface area contributed by atoms with Crippen LogP contribution < -0.4 is 0 Å². The van der Waals surface area contributed by atoms with Crippen LogP contribution in [0.15, 0.2) is 34.5 Å². The van der Waals surface area contributed by atoms with E-state index in [0.29, 0.717) is 24.0 Å². The van der Waals surface area contributed by atoms with Gasteiger partial charge in [0.25, 0.3) is 0 Å². The summed E-state index contributed by atoms with van der Waals surface area (Å²) in [6, 6.07) is 0. The second kappa shape index (κ2) is 7.89. The van der Waals surface area contributed by atoms with Crippen molar-refractivity contribution in [3.05, 3.63) is 47.0 Å². The highest BCUT2D eigenvalue weighted by Gasteiger charge is 2.61. The van der Waals surface area contributed by atoms with E-state index in [2.05, 4.69) is 6.58 Å². The number of carbonyl (C=O) groups is 3. The monoisotopic (exact) mass is 414 g/mol. The summed E-state index contributed by atoms with van der Waals surface area (Å²) in [4.78, 5) is 38.2. The molecule has 0 radical (unpaired) electrons. The van der Waals surface area contributed by atoms with Gasteiger partial charge in [-0.25, -0.2) is 9.59 Å². The quantitative estimate of drug-likeness (QED) is 0.516. The fourth-order valence-electron chi connectivity index (χ4n) is 4.79. The van der Waals surface area contributed by atoms with Gasteiger partial charge < -0.3 is 13.9 Å². The van der Waals surface area contributed by atoms with Crippen LogP contribution in [-0.2, 0) is 19.1 Å². The summed E-state index contributed by atoms with van der Waals surface area (Å²) in [5.74, 6) is -1.32. The van der Waals surface area contributed by atoms with Gasteiger partial charge in [-0.05, 0) is 46.1 Å². The number of rotatable bonds is 4. The summed E-state index contributed by atoms with van der Waals surface area (Å²) in [6.07, 6.45) is 3.24. The molecule has 6 heteroatoms. The zero-order valence-corrected chi connectivity index (χ0v) is 18.5. The van der Waals surface area contributed by atoms with E-state index in [1.807, 2.05) is 20.8 Å². The maximum Gasteiger partial charge on any atom is 0.333 e. The van der Waals surface area contributed by atoms with Gasteiger partial charge in [-0.3, -0.25) is 4.79 Å². The molecule has 2 aliphatic carbocycles. The summed E-state index contributed by atoms with van der Waals surface area (Å²) < 4.78 is 17.3. The number of hydrogen-bond donors (Lipinski definition) is 0. The second-order valence-corrected chi connectivity index (χ2v) is 8.79. The van der Waals surface area contributed by atoms with Gasteiger partial charge in [-0.2, -0.15) is 0 Å². The lowest BCUT2D eigenvalue weighted by Crippen LogP contribution is -2.55. The molecule has 3 rings (SSSR count). The number of carbonyl (C=O) groups excluding carboxylic acids is 3. The first-order chi connectivity index (χ1) is 14.0. The van der Waals surface area contributed by atoms with Gasteiger partial charge in [0.1, 0.15) is 12.2 Å². The number of allylic oxidation sites excluding steroid dienone is 1. The highest BCUT2D eigenvalue weighted by Crippen LogP contribution is 2.60. The number of aryl methyl sites for hydroxylation is 1. The molecule has 0 aliphatic heterocycles. The molecule has 1 fully saturated rings. The van der Waals surface area contributed by atoms with Crippen LogP contribution in [0.25, 0.3) is 0 Å². The van der Waals surface area contributed by atoms with Gasteiger partial charge in [0.05, 0.1) is 6.26 Å². The molecule has 6 nitrogen and oxygen atoms in total. The SMILES string of the molecule is C=C(C)C(=O)O[C@@H]1c2c(C)coc2C(=O)[C@H]2CC[C@H](OC(=O)/C(C)=C/C)[C@H](C)[C@]21C. The first kappa shape index (κ1) is 22.1. The molecule has 0 aromatic carbocycles. The minimum atomic E-state index is -0.753. The van der Waals surface area contributed by atoms with Gasteiger partial charge in [0, 0.05) is 34.0 Å². The van der Waals surface area contributed by atoms with Gasteiger partial charge in [-0.1, -0.05) is 26.5 Å². The number of ketones is 1. The van der Waals surface area contributed by atoms with Gasteiger partial charge in [0.2, 0.25) is 5.78 Å². The molecule has 0 N–H and O–H groups in total. The first-order valence-electron chi connectivity index (χ1n) is 10.4. The topological polar surface area (TPSA) is 82.8 Å². The molecule has 1 aromatic rings. The van der Waals surface area contributed by atoms with E-state index in [4.69, 9.17) is 13.9 Å². The fraction of sp³-hybridized carbons (Fsp3) is 0.542. The summed E-state index contributed by atoms with van der Waals surface area (Å²) in [5.41, 5.74) is 1.43. The van der Waals surface area contributed by atoms with Crippen LogP contribution in [0.1, 0.15) is 75.2 Å². The summed E-state index contributed by atoms with van der Waals surface area (Å²) in [6.45, 7) is 14.5. The van der Waals surface area contributed by atoms with Crippen molar-refractivity contribution in [3.8, 4) is 0 Å². The lowest BCUT2D eigenvalue weighted by Gasteiger charge is -2.53. The number of Topliss-reactive ketones (excluding diaryl/α,β-unsaturated/α-hetero) is 1. The third-order valence-corrected chi connectivity index (χ3v) is 7.01. The average Bonchev–Trinajstić information content (AvgIpc) is 3.09. The third kappa shape index (κ3) is 3.32. The van der Waals surface area contributed by atoms with Crippen LogP contribution >= 0.6 is 0 Å². The Hall–Kier alpha value is -2.63. The van der Waals surface area contributed by atoms with Crippen LogP contribution in [0.4, 0.5) is 0 Å². The van der Waals surface area contributed by atoms with Crippen molar-refractivity contribution in [2.45, 2.75) is 66.6 Å². The molecule has 1 heterocycles. The molecule has 5 atom stereocenters. The van der Waals surface area contributed by atoms with Crippen molar-refractivity contribution >= 4 is 17.7 Å². The van der Waals surface area contributed by atoms with E-state index >= 15 is 0 Å². The lowest BCUT2D eigenvalue weighted by atomic mass is 9.53. The highest BCUT2D eigenvalue weighted by atomic mass is 16.6. The lowest BCUT2D eigenvalue weighted by molar-refractivity contribution is -0.178. The van der Waals surface area contributed by atoms with Gasteiger partial charge >= 0.3 is 11.9 Å². The Labute approximate surface area is 177 Å². The molecular formula is C24H30O6. The van der Waals surface area contributed by atoms with Crippen LogP contribution in [0.2, 0.25) is 0 Å². The third-order valence-electron chi connectivity index (χ3n) is 7.01. The Balaban J connectivity index is 2.06. The molecule has 0 bridgehead atoms. The molecule has 1 saturated carbocycles. The van der Waals surface area contributed by atoms with E-state index in [9.17, 15) is 14.4 Å². The predicted molar refractivity (Wildman–Crippen MR) is 111 cm³/mol. The molecular weight excluding hydrogens is 384 g/mol. The fourth-order valence-corrected chi connectivity index (χ4v) is 4.79. The van der Waals surface area contributed by atoms with Gasteiger partial charge in [-0.15, -0.1) is 0 Å². The van der Waals surface area contributed by atoms with E-state index in [0.717, 1.165) is 5.56 Å². The number of hydrogen-bond acceptors (Lipinski definition) is 6. The van der Waals surface area contributed by atoms with Crippen LogP contribution in [0.5, 0.6) is 0 Å². The molecule has 0 saturated heterocycles. The van der Waals surface area contributed by atoms with Crippen molar-refractivity contribution in [3.63, 3.8) is 0 Å². The van der Waals surface area contributed by atoms with Crippen LogP contribution in [0.3, 0.4) is 0 Å². The minimum absolute atomic E-state index is 0.0792. The summed E-state index contributed by atoms with van der Waals surface area (Å²) >= 11 is 0. The molecule has 30 heavy (non-hydrogen) atoms. The largest absolute Gasteiger partial charge is 0.461 e. The smallest absolute Gasteiger partial charge is 0.333 e. The van der Waals surface area contributed by atoms with E-state index in [-0.39, 0.29) is 35.1 Å². The highest BCUT2D eigenvalue weighted by molar-refractivity contribution is 5.99. The Morgan fingerprint density at radius 2 is 1.90 bits per heavy atom. The zero-order valence-electron chi connectivity index (χ0n) is 18.5. The minimum Gasteiger partial charge on any atom is -0.461 e. The number of fused-ring (bicyclic) bond motifs is 2.